The Bertz CT molecular complexity index is 238. The van der Waals surface area contributed by atoms with Crippen molar-refractivity contribution in [3.8, 4) is 0 Å². The standard InChI is InChI=1S/2C2H7N2.2C2H3O2.Pd/c2*3-1-2-4;2*1-2(3)4;/h2*3H,1-2,4H2;2*1H2,(H,3,4);/q2*-1;;;+2. The van der Waals surface area contributed by atoms with Gasteiger partial charge in [0.05, 0.1) is 0 Å². The second kappa shape index (κ2) is 8.52. The molecule has 0 spiro atoms. The van der Waals surface area contributed by atoms with Crippen LogP contribution in [0.25, 0.3) is 0 Å². The van der Waals surface area contributed by atoms with Gasteiger partial charge in [0, 0.05) is 0 Å². The molecule has 0 rings (SSSR count). The Kier molecular flexibility index (Phi) is 8.24. The van der Waals surface area contributed by atoms with Gasteiger partial charge in [-0.1, -0.05) is 0 Å². The van der Waals surface area contributed by atoms with Crippen LogP contribution in [0.4, 0.5) is 0 Å². The van der Waals surface area contributed by atoms with Crippen LogP contribution in [-0.2, 0) is 25.6 Å². The van der Waals surface area contributed by atoms with Crippen LogP contribution in [0.2, 0.25) is 9.79 Å². The summed E-state index contributed by atoms with van der Waals surface area (Å²) in [5, 5.41) is 17.7. The van der Waals surface area contributed by atoms with E-state index in [1.807, 2.05) is 0 Å². The third-order valence-corrected chi connectivity index (χ3v) is 7.15. The maximum atomic E-state index is 10.8. The molecule has 0 aliphatic carbocycles. The fraction of sp³-hybridized carbons (Fsp3) is 0.750. The summed E-state index contributed by atoms with van der Waals surface area (Å²) in [5.41, 5.74) is 10.7. The molecule has 9 heteroatoms. The summed E-state index contributed by atoms with van der Waals surface area (Å²) in [7, 11) is 0. The average Bonchev–Trinajstić information content (AvgIpc) is 2.22. The third kappa shape index (κ3) is 7.38. The second-order valence-electron chi connectivity index (χ2n) is 3.00. The first-order chi connectivity index (χ1) is 7.95. The molecule has 0 radical (unpaired) electrons. The molecule has 0 fully saturated rings. The van der Waals surface area contributed by atoms with Gasteiger partial charge in [0.25, 0.3) is 0 Å². The van der Waals surface area contributed by atoms with Crippen LogP contribution in [0, 0.1) is 0 Å². The molecular weight excluding hydrogens is 323 g/mol. The predicted octanol–water partition coefficient (Wildman–Crippen LogP) is -1.93. The summed E-state index contributed by atoms with van der Waals surface area (Å²) in [6, 6.07) is 0. The van der Waals surface area contributed by atoms with Gasteiger partial charge in [-0.2, -0.15) is 0 Å². The monoisotopic (exact) mass is 342 g/mol. The molecular formula is C8H20N4O4Pd. The molecule has 0 heterocycles. The normalized spacial score (nSPS) is 12.4. The van der Waals surface area contributed by atoms with E-state index in [0.717, 1.165) is 0 Å². The summed E-state index contributed by atoms with van der Waals surface area (Å²) in [5.74, 6) is -2.06. The van der Waals surface area contributed by atoms with E-state index in [4.69, 9.17) is 21.7 Å². The van der Waals surface area contributed by atoms with Crippen LogP contribution in [-0.4, -0.2) is 48.3 Å². The first-order valence-electron chi connectivity index (χ1n) is 4.85. The van der Waals surface area contributed by atoms with Crippen molar-refractivity contribution in [3.63, 3.8) is 0 Å². The van der Waals surface area contributed by atoms with Gasteiger partial charge in [0.1, 0.15) is 0 Å². The van der Waals surface area contributed by atoms with E-state index in [9.17, 15) is 9.59 Å². The molecule has 0 atom stereocenters. The van der Waals surface area contributed by atoms with Crippen LogP contribution in [0.3, 0.4) is 0 Å². The number of hydrogen-bond acceptors (Lipinski definition) is 6. The molecule has 0 bridgehead atoms. The number of carboxylic acids is 2. The number of rotatable bonds is 10. The summed E-state index contributed by atoms with van der Waals surface area (Å²) >= 11 is -2.95. The van der Waals surface area contributed by atoms with Crippen molar-refractivity contribution in [2.75, 3.05) is 26.2 Å². The molecule has 106 valence electrons. The Morgan fingerprint density at radius 2 is 1.29 bits per heavy atom. The molecule has 0 aliphatic heterocycles. The van der Waals surface area contributed by atoms with Crippen molar-refractivity contribution in [3.05, 3.63) is 0 Å². The predicted molar refractivity (Wildman–Crippen MR) is 59.0 cm³/mol. The fourth-order valence-corrected chi connectivity index (χ4v) is 5.67. The van der Waals surface area contributed by atoms with E-state index in [1.54, 1.807) is 0 Å². The molecule has 8 N–H and O–H groups in total. The van der Waals surface area contributed by atoms with Gasteiger partial charge in [0.15, 0.2) is 0 Å². The van der Waals surface area contributed by atoms with E-state index < -0.39 is 28.0 Å². The second-order valence-corrected chi connectivity index (χ2v) is 8.56. The van der Waals surface area contributed by atoms with E-state index in [1.165, 1.54) is 0 Å². The fourth-order valence-electron chi connectivity index (χ4n) is 0.958. The Labute approximate surface area is 103 Å². The molecule has 0 saturated carbocycles. The average molecular weight is 343 g/mol. The summed E-state index contributed by atoms with van der Waals surface area (Å²) in [4.78, 5) is 21.2. The Morgan fingerprint density at radius 1 is 0.941 bits per heavy atom. The number of aliphatic carboxylic acids is 2. The molecule has 0 aromatic carbocycles. The zero-order valence-electron chi connectivity index (χ0n) is 9.42. The summed E-state index contributed by atoms with van der Waals surface area (Å²) in [6.45, 7) is 1.41. The molecule has 0 aliphatic rings. The first-order valence-corrected chi connectivity index (χ1v) is 8.60. The Hall–Kier alpha value is -0.558. The van der Waals surface area contributed by atoms with Crippen molar-refractivity contribution >= 4 is 11.9 Å². The van der Waals surface area contributed by atoms with Gasteiger partial charge in [0.2, 0.25) is 0 Å². The van der Waals surface area contributed by atoms with Crippen molar-refractivity contribution in [2.45, 2.75) is 9.79 Å². The van der Waals surface area contributed by atoms with Crippen LogP contribution in [0.15, 0.2) is 0 Å². The quantitative estimate of drug-likeness (QED) is 0.251. The van der Waals surface area contributed by atoms with Crippen LogP contribution >= 0.6 is 0 Å². The Morgan fingerprint density at radius 3 is 1.53 bits per heavy atom. The van der Waals surface area contributed by atoms with Crippen molar-refractivity contribution in [1.29, 1.82) is 0 Å². The minimum absolute atomic E-state index is 0.212. The number of nitrogens with one attached hydrogen (secondary N) is 2. The van der Waals surface area contributed by atoms with Crippen LogP contribution < -0.4 is 19.4 Å². The molecule has 0 saturated heterocycles. The zero-order chi connectivity index (χ0) is 13.3. The number of hydrogen-bond donors (Lipinski definition) is 6. The van der Waals surface area contributed by atoms with Gasteiger partial charge in [-0.25, -0.2) is 0 Å². The number of carbonyl (C=O) groups is 2. The van der Waals surface area contributed by atoms with Crippen LogP contribution in [0.1, 0.15) is 0 Å². The van der Waals surface area contributed by atoms with Gasteiger partial charge < -0.3 is 0 Å². The molecule has 8 nitrogen and oxygen atoms in total. The van der Waals surface area contributed by atoms with E-state index >= 15 is 0 Å². The first kappa shape index (κ1) is 16.4. The SMILES string of the molecule is NCC[NH][Pd]([CH2]C(=O)O)([CH2]C(=O)O)[NH]CCN. The molecule has 0 aromatic heterocycles. The van der Waals surface area contributed by atoms with Crippen molar-refractivity contribution < 1.29 is 35.8 Å². The summed E-state index contributed by atoms with van der Waals surface area (Å²) < 4.78 is 5.95. The molecule has 0 amide bonds. The molecule has 0 aromatic rings. The van der Waals surface area contributed by atoms with E-state index in [-0.39, 0.29) is 9.79 Å². The van der Waals surface area contributed by atoms with Gasteiger partial charge in [-0.15, -0.1) is 0 Å². The van der Waals surface area contributed by atoms with E-state index in [2.05, 4.69) is 7.90 Å². The Balaban J connectivity index is 4.75. The van der Waals surface area contributed by atoms with Gasteiger partial charge in [-0.05, 0) is 0 Å². The van der Waals surface area contributed by atoms with Crippen LogP contribution in [0.5, 0.6) is 0 Å². The van der Waals surface area contributed by atoms with E-state index in [0.29, 0.717) is 26.2 Å². The van der Waals surface area contributed by atoms with Crippen molar-refractivity contribution in [1.82, 2.24) is 7.90 Å². The minimum atomic E-state index is -2.95. The zero-order valence-corrected chi connectivity index (χ0v) is 11.0. The molecule has 0 unspecified atom stereocenters. The van der Waals surface area contributed by atoms with Gasteiger partial charge in [-0.3, -0.25) is 0 Å². The molecule has 17 heavy (non-hydrogen) atoms. The number of nitrogens with two attached hydrogens (primary N) is 2. The number of carboxylic acid groups (broad SMARTS) is 2. The van der Waals surface area contributed by atoms with Crippen molar-refractivity contribution in [2.24, 2.45) is 11.5 Å². The topological polar surface area (TPSA) is 151 Å². The third-order valence-electron chi connectivity index (χ3n) is 1.45. The summed E-state index contributed by atoms with van der Waals surface area (Å²) in [6.07, 6.45) is 0. The maximum absolute atomic E-state index is 10.8. The van der Waals surface area contributed by atoms with Gasteiger partial charge >= 0.3 is 103 Å².